The van der Waals surface area contributed by atoms with E-state index >= 15 is 0 Å². The Morgan fingerprint density at radius 3 is 2.57 bits per heavy atom. The van der Waals surface area contributed by atoms with Gasteiger partial charge in [-0.25, -0.2) is 4.99 Å². The molecule has 0 radical (unpaired) electrons. The maximum atomic E-state index is 12.6. The fourth-order valence-corrected chi connectivity index (χ4v) is 4.96. The summed E-state index contributed by atoms with van der Waals surface area (Å²) >= 11 is 4.80. The average molecular weight is 582 g/mol. The number of aryl methyl sites for hydroxylation is 1. The molecule has 3 aromatic rings. The number of rotatable bonds is 9. The number of non-ortho nitro benzene ring substituents is 1. The van der Waals surface area contributed by atoms with E-state index in [0.29, 0.717) is 38.2 Å². The second-order valence-electron chi connectivity index (χ2n) is 7.98. The van der Waals surface area contributed by atoms with Crippen molar-refractivity contribution in [3.8, 4) is 11.5 Å². The predicted molar refractivity (Wildman–Crippen MR) is 149 cm³/mol. The lowest BCUT2D eigenvalue weighted by Gasteiger charge is -2.15. The topological polar surface area (TPSA) is 103 Å². The quantitative estimate of drug-likeness (QED) is 0.169. The highest BCUT2D eigenvalue weighted by Crippen LogP contribution is 2.39. The smallest absolute Gasteiger partial charge is 0.269 e. The van der Waals surface area contributed by atoms with E-state index in [1.807, 2.05) is 37.3 Å². The summed E-state index contributed by atoms with van der Waals surface area (Å²) in [7, 11) is 0. The first-order chi connectivity index (χ1) is 17.9. The van der Waals surface area contributed by atoms with Crippen LogP contribution in [0.1, 0.15) is 30.5 Å². The Kier molecular flexibility index (Phi) is 8.62. The molecule has 8 nitrogen and oxygen atoms in total. The second kappa shape index (κ2) is 12.1. The molecule has 1 N–H and O–H groups in total. The lowest BCUT2D eigenvalue weighted by atomic mass is 10.1. The molecule has 0 saturated carbocycles. The van der Waals surface area contributed by atoms with Gasteiger partial charge >= 0.3 is 0 Å². The number of amides is 1. The zero-order valence-corrected chi connectivity index (χ0v) is 22.6. The Labute approximate surface area is 227 Å². The van der Waals surface area contributed by atoms with Crippen LogP contribution in [0.25, 0.3) is 6.08 Å². The van der Waals surface area contributed by atoms with Crippen LogP contribution in [0.5, 0.6) is 11.5 Å². The summed E-state index contributed by atoms with van der Waals surface area (Å²) in [5.74, 6) is 0.730. The van der Waals surface area contributed by atoms with E-state index < -0.39 is 4.92 Å². The molecule has 1 amide bonds. The van der Waals surface area contributed by atoms with Crippen molar-refractivity contribution >= 4 is 56.2 Å². The fourth-order valence-electron chi connectivity index (χ4n) is 3.54. The SMILES string of the molecule is CCOc1cc(/C=C2\SC(=Nc3ccc(CC)cc3)NC2=O)cc(Br)c1OCc1cccc([N+](=O)[O-])c1. The number of aliphatic imine (C=N–C) groups is 1. The number of nitro groups is 1. The molecule has 0 aromatic heterocycles. The van der Waals surface area contributed by atoms with Crippen LogP contribution in [0.2, 0.25) is 0 Å². The summed E-state index contributed by atoms with van der Waals surface area (Å²) in [6.45, 7) is 4.48. The average Bonchev–Trinajstić information content (AvgIpc) is 3.22. The number of halogens is 1. The van der Waals surface area contributed by atoms with Crippen LogP contribution in [0, 0.1) is 10.1 Å². The number of carbonyl (C=O) groups is 1. The lowest BCUT2D eigenvalue weighted by Crippen LogP contribution is -2.19. The third-order valence-electron chi connectivity index (χ3n) is 5.36. The number of carbonyl (C=O) groups excluding carboxylic acids is 1. The van der Waals surface area contributed by atoms with Crippen molar-refractivity contribution in [2.45, 2.75) is 26.9 Å². The highest BCUT2D eigenvalue weighted by molar-refractivity contribution is 9.10. The molecular formula is C27H24BrN3O5S. The van der Waals surface area contributed by atoms with Crippen LogP contribution < -0.4 is 14.8 Å². The number of nitrogens with zero attached hydrogens (tertiary/aromatic N) is 2. The molecule has 1 aliphatic rings. The molecule has 10 heteroatoms. The van der Waals surface area contributed by atoms with E-state index in [-0.39, 0.29) is 18.2 Å². The summed E-state index contributed by atoms with van der Waals surface area (Å²) in [6, 6.07) is 17.8. The van der Waals surface area contributed by atoms with Gasteiger partial charge in [0.1, 0.15) is 6.61 Å². The van der Waals surface area contributed by atoms with Gasteiger partial charge in [0.15, 0.2) is 16.7 Å². The first kappa shape index (κ1) is 26.4. The van der Waals surface area contributed by atoms with Gasteiger partial charge in [0.25, 0.3) is 11.6 Å². The van der Waals surface area contributed by atoms with E-state index in [1.165, 1.54) is 29.5 Å². The van der Waals surface area contributed by atoms with Gasteiger partial charge in [-0.15, -0.1) is 0 Å². The summed E-state index contributed by atoms with van der Waals surface area (Å²) in [4.78, 5) is 28.2. The number of hydrogen-bond acceptors (Lipinski definition) is 7. The van der Waals surface area contributed by atoms with Crippen molar-refractivity contribution in [1.82, 2.24) is 5.32 Å². The van der Waals surface area contributed by atoms with Gasteiger partial charge < -0.3 is 14.8 Å². The molecule has 0 spiro atoms. The molecule has 1 saturated heterocycles. The predicted octanol–water partition coefficient (Wildman–Crippen LogP) is 6.79. The number of hydrogen-bond donors (Lipinski definition) is 1. The van der Waals surface area contributed by atoms with Crippen LogP contribution in [-0.2, 0) is 17.8 Å². The molecular weight excluding hydrogens is 558 g/mol. The number of thioether (sulfide) groups is 1. The third-order valence-corrected chi connectivity index (χ3v) is 6.86. The second-order valence-corrected chi connectivity index (χ2v) is 9.87. The minimum absolute atomic E-state index is 0.000364. The molecule has 190 valence electrons. The van der Waals surface area contributed by atoms with Gasteiger partial charge in [-0.05, 0) is 88.1 Å². The van der Waals surface area contributed by atoms with E-state index in [0.717, 1.165) is 17.7 Å². The first-order valence-electron chi connectivity index (χ1n) is 11.6. The Morgan fingerprint density at radius 1 is 1.08 bits per heavy atom. The summed E-state index contributed by atoms with van der Waals surface area (Å²) in [6.07, 6.45) is 2.72. The van der Waals surface area contributed by atoms with E-state index in [1.54, 1.807) is 24.3 Å². The highest BCUT2D eigenvalue weighted by Gasteiger charge is 2.24. The zero-order chi connectivity index (χ0) is 26.4. The number of benzene rings is 3. The largest absolute Gasteiger partial charge is 0.490 e. The molecule has 4 rings (SSSR count). The van der Waals surface area contributed by atoms with Gasteiger partial charge in [0, 0.05) is 12.1 Å². The maximum absolute atomic E-state index is 12.6. The summed E-state index contributed by atoms with van der Waals surface area (Å²) < 4.78 is 12.4. The maximum Gasteiger partial charge on any atom is 0.269 e. The number of ether oxygens (including phenoxy) is 2. The molecule has 3 aromatic carbocycles. The van der Waals surface area contributed by atoms with Gasteiger partial charge in [-0.2, -0.15) is 0 Å². The standard InChI is InChI=1S/C27H24BrN3O5S/c1-3-17-8-10-20(11-9-17)29-27-30-26(32)24(37-27)15-19-13-22(28)25(23(14-19)35-4-2)36-16-18-6-5-7-21(12-18)31(33)34/h5-15H,3-4,16H2,1-2H3,(H,29,30,32)/b24-15-. The van der Waals surface area contributed by atoms with Gasteiger partial charge in [0.05, 0.1) is 26.6 Å². The Bertz CT molecular complexity index is 1390. The van der Waals surface area contributed by atoms with Crippen LogP contribution >= 0.6 is 27.7 Å². The molecule has 37 heavy (non-hydrogen) atoms. The van der Waals surface area contributed by atoms with Crippen LogP contribution in [0.3, 0.4) is 0 Å². The minimum atomic E-state index is -0.442. The zero-order valence-electron chi connectivity index (χ0n) is 20.2. The van der Waals surface area contributed by atoms with Crippen LogP contribution in [0.4, 0.5) is 11.4 Å². The summed E-state index contributed by atoms with van der Waals surface area (Å²) in [5.41, 5.74) is 3.39. The van der Waals surface area contributed by atoms with E-state index in [2.05, 4.69) is 33.2 Å². The third kappa shape index (κ3) is 6.78. The van der Waals surface area contributed by atoms with E-state index in [4.69, 9.17) is 9.47 Å². The number of nitro benzene ring substituents is 1. The Hall–Kier alpha value is -3.63. The number of amidine groups is 1. The monoisotopic (exact) mass is 581 g/mol. The molecule has 0 atom stereocenters. The van der Waals surface area contributed by atoms with Crippen molar-refractivity contribution in [2.75, 3.05) is 6.61 Å². The van der Waals surface area contributed by atoms with Gasteiger partial charge in [-0.1, -0.05) is 31.2 Å². The highest BCUT2D eigenvalue weighted by atomic mass is 79.9. The lowest BCUT2D eigenvalue weighted by molar-refractivity contribution is -0.384. The van der Waals surface area contributed by atoms with Crippen LogP contribution in [-0.4, -0.2) is 22.6 Å². The van der Waals surface area contributed by atoms with Crippen molar-refractivity contribution in [3.05, 3.63) is 96.8 Å². The van der Waals surface area contributed by atoms with Crippen molar-refractivity contribution in [3.63, 3.8) is 0 Å². The van der Waals surface area contributed by atoms with E-state index in [9.17, 15) is 14.9 Å². The first-order valence-corrected chi connectivity index (χ1v) is 13.2. The Balaban J connectivity index is 1.54. The molecule has 0 aliphatic carbocycles. The van der Waals surface area contributed by atoms with Crippen LogP contribution in [0.15, 0.2) is 75.0 Å². The fraction of sp³-hybridized carbons (Fsp3) is 0.185. The summed E-state index contributed by atoms with van der Waals surface area (Å²) in [5, 5.41) is 14.4. The van der Waals surface area contributed by atoms with Gasteiger partial charge in [-0.3, -0.25) is 14.9 Å². The molecule has 0 bridgehead atoms. The van der Waals surface area contributed by atoms with Gasteiger partial charge in [0.2, 0.25) is 0 Å². The molecule has 1 fully saturated rings. The molecule has 1 heterocycles. The van der Waals surface area contributed by atoms with Crippen molar-refractivity contribution in [1.29, 1.82) is 0 Å². The number of nitrogens with one attached hydrogen (secondary N) is 1. The normalized spacial score (nSPS) is 15.2. The van der Waals surface area contributed by atoms with Crippen molar-refractivity contribution < 1.29 is 19.2 Å². The van der Waals surface area contributed by atoms with Crippen molar-refractivity contribution in [2.24, 2.45) is 4.99 Å². The minimum Gasteiger partial charge on any atom is -0.490 e. The molecule has 0 unspecified atom stereocenters. The molecule has 1 aliphatic heterocycles. The Morgan fingerprint density at radius 2 is 1.86 bits per heavy atom.